The fourth-order valence-electron chi connectivity index (χ4n) is 2.71. The van der Waals surface area contributed by atoms with Gasteiger partial charge in [-0.3, -0.25) is 9.59 Å². The Morgan fingerprint density at radius 2 is 1.90 bits per heavy atom. The molecule has 30 heavy (non-hydrogen) atoms. The molecule has 0 radical (unpaired) electrons. The van der Waals surface area contributed by atoms with Gasteiger partial charge in [-0.1, -0.05) is 6.07 Å². The maximum absolute atomic E-state index is 13.3. The van der Waals surface area contributed by atoms with E-state index in [4.69, 9.17) is 15.6 Å². The number of rotatable bonds is 9. The summed E-state index contributed by atoms with van der Waals surface area (Å²) < 4.78 is 49.6. The molecule has 1 heterocycles. The van der Waals surface area contributed by atoms with E-state index in [1.807, 2.05) is 0 Å². The standard InChI is InChI=1S/C17H19F3N4O6/c1-29-12-4-3-9(16(23-24-16)17(18,19)20)5-8(12)6-11(15(28)30-2)22-14(27)10(21)7-13(25)26/h3-5,10-11H,6-7,21H2,1-2H3,(H,22,27)(H,25,26)/t10-,11-/m0/s1. The summed E-state index contributed by atoms with van der Waals surface area (Å²) in [5.41, 5.74) is 2.65. The van der Waals surface area contributed by atoms with Crippen LogP contribution in [0.3, 0.4) is 0 Å². The molecule has 1 aromatic rings. The van der Waals surface area contributed by atoms with E-state index in [-0.39, 0.29) is 23.3 Å². The fraction of sp³-hybridized carbons (Fsp3) is 0.471. The van der Waals surface area contributed by atoms with E-state index in [1.165, 1.54) is 13.2 Å². The van der Waals surface area contributed by atoms with Gasteiger partial charge in [0.25, 0.3) is 0 Å². The van der Waals surface area contributed by atoms with Gasteiger partial charge in [0.05, 0.1) is 26.7 Å². The van der Waals surface area contributed by atoms with Gasteiger partial charge in [-0.15, -0.1) is 10.2 Å². The quantitative estimate of drug-likeness (QED) is 0.490. The third-order valence-corrected chi connectivity index (χ3v) is 4.34. The first-order valence-corrected chi connectivity index (χ1v) is 8.49. The van der Waals surface area contributed by atoms with Crippen molar-refractivity contribution in [3.05, 3.63) is 29.3 Å². The van der Waals surface area contributed by atoms with Crippen molar-refractivity contribution >= 4 is 17.8 Å². The first-order chi connectivity index (χ1) is 13.9. The molecule has 2 rings (SSSR count). The second kappa shape index (κ2) is 8.65. The number of nitrogens with two attached hydrogens (primary N) is 1. The molecule has 0 saturated carbocycles. The van der Waals surface area contributed by atoms with Crippen LogP contribution < -0.4 is 15.8 Å². The van der Waals surface area contributed by atoms with Crippen LogP contribution in [0.4, 0.5) is 13.2 Å². The number of aliphatic carboxylic acids is 1. The maximum Gasteiger partial charge on any atom is 0.442 e. The minimum Gasteiger partial charge on any atom is -0.496 e. The molecule has 0 spiro atoms. The molecule has 0 fully saturated rings. The van der Waals surface area contributed by atoms with Gasteiger partial charge in [-0.2, -0.15) is 13.2 Å². The number of nitrogens with zero attached hydrogens (tertiary/aromatic N) is 2. The number of ether oxygens (including phenoxy) is 2. The normalized spacial score (nSPS) is 16.3. The Kier molecular flexibility index (Phi) is 6.65. The molecule has 1 aliphatic rings. The lowest BCUT2D eigenvalue weighted by Crippen LogP contribution is -2.50. The van der Waals surface area contributed by atoms with Gasteiger partial charge in [0, 0.05) is 12.0 Å². The van der Waals surface area contributed by atoms with Gasteiger partial charge in [-0.25, -0.2) is 4.79 Å². The van der Waals surface area contributed by atoms with Crippen LogP contribution in [0.15, 0.2) is 28.4 Å². The second-order valence-corrected chi connectivity index (χ2v) is 6.39. The summed E-state index contributed by atoms with van der Waals surface area (Å²) >= 11 is 0. The lowest BCUT2D eigenvalue weighted by molar-refractivity contribution is -0.166. The molecule has 0 aromatic heterocycles. The van der Waals surface area contributed by atoms with Crippen LogP contribution in [0.25, 0.3) is 0 Å². The summed E-state index contributed by atoms with van der Waals surface area (Å²) in [5.74, 6) is -3.03. The Hall–Kier alpha value is -3.22. The molecular formula is C17H19F3N4O6. The first kappa shape index (κ1) is 23.1. The Bertz CT molecular complexity index is 868. The van der Waals surface area contributed by atoms with E-state index < -0.39 is 48.2 Å². The lowest BCUT2D eigenvalue weighted by atomic mass is 9.96. The third-order valence-electron chi connectivity index (χ3n) is 4.34. The molecule has 13 heteroatoms. The molecule has 10 nitrogen and oxygen atoms in total. The number of amides is 1. The zero-order valence-corrected chi connectivity index (χ0v) is 15.9. The van der Waals surface area contributed by atoms with Gasteiger partial charge < -0.3 is 25.6 Å². The topological polar surface area (TPSA) is 153 Å². The van der Waals surface area contributed by atoms with Crippen LogP contribution in [0.2, 0.25) is 0 Å². The van der Waals surface area contributed by atoms with Crippen molar-refractivity contribution in [2.45, 2.75) is 36.8 Å². The Morgan fingerprint density at radius 1 is 1.27 bits per heavy atom. The second-order valence-electron chi connectivity index (χ2n) is 6.39. The van der Waals surface area contributed by atoms with E-state index >= 15 is 0 Å². The SMILES string of the molecule is COC(=O)[C@H](Cc1cc(C2(C(F)(F)F)N=N2)ccc1OC)NC(=O)[C@@H](N)CC(=O)O. The van der Waals surface area contributed by atoms with Gasteiger partial charge >= 0.3 is 23.8 Å². The number of esters is 1. The number of carboxylic acids is 1. The van der Waals surface area contributed by atoms with Crippen LogP contribution in [-0.2, 0) is 31.2 Å². The minimum absolute atomic E-state index is 0.137. The van der Waals surface area contributed by atoms with Crippen molar-refractivity contribution in [1.82, 2.24) is 5.32 Å². The number of hydrogen-bond donors (Lipinski definition) is 3. The number of nitrogens with one attached hydrogen (secondary N) is 1. The Morgan fingerprint density at radius 3 is 2.37 bits per heavy atom. The minimum atomic E-state index is -4.75. The Balaban J connectivity index is 2.31. The number of alkyl halides is 3. The lowest BCUT2D eigenvalue weighted by Gasteiger charge is -2.21. The van der Waals surface area contributed by atoms with E-state index in [2.05, 4.69) is 20.3 Å². The number of methoxy groups -OCH3 is 2. The summed E-state index contributed by atoms with van der Waals surface area (Å²) in [4.78, 5) is 34.9. The van der Waals surface area contributed by atoms with Crippen molar-refractivity contribution in [2.24, 2.45) is 16.0 Å². The summed E-state index contributed by atoms with van der Waals surface area (Å²) in [5, 5.41) is 17.2. The van der Waals surface area contributed by atoms with Crippen LogP contribution in [0.1, 0.15) is 17.5 Å². The summed E-state index contributed by atoms with van der Waals surface area (Å²) in [6.45, 7) is 0. The van der Waals surface area contributed by atoms with Crippen LogP contribution in [0.5, 0.6) is 5.75 Å². The van der Waals surface area contributed by atoms with Gasteiger partial charge in [-0.05, 0) is 17.7 Å². The van der Waals surface area contributed by atoms with Crippen LogP contribution in [0, 0.1) is 0 Å². The molecule has 0 unspecified atom stereocenters. The molecule has 0 bridgehead atoms. The van der Waals surface area contributed by atoms with Crippen molar-refractivity contribution in [3.63, 3.8) is 0 Å². The number of carbonyl (C=O) groups excluding carboxylic acids is 2. The predicted octanol–water partition coefficient (Wildman–Crippen LogP) is 0.878. The number of carboxylic acid groups (broad SMARTS) is 1. The molecule has 164 valence electrons. The van der Waals surface area contributed by atoms with Gasteiger partial charge in [0.1, 0.15) is 11.8 Å². The molecule has 1 aromatic carbocycles. The van der Waals surface area contributed by atoms with Gasteiger partial charge in [0.15, 0.2) is 0 Å². The highest BCUT2D eigenvalue weighted by atomic mass is 19.4. The largest absolute Gasteiger partial charge is 0.496 e. The molecule has 0 aliphatic carbocycles. The maximum atomic E-state index is 13.3. The molecule has 1 aliphatic heterocycles. The van der Waals surface area contributed by atoms with Crippen molar-refractivity contribution in [2.75, 3.05) is 14.2 Å². The Labute approximate surface area is 168 Å². The van der Waals surface area contributed by atoms with Crippen LogP contribution in [-0.4, -0.2) is 55.4 Å². The molecular weight excluding hydrogens is 413 g/mol. The van der Waals surface area contributed by atoms with E-state index in [9.17, 15) is 27.6 Å². The highest BCUT2D eigenvalue weighted by Gasteiger charge is 2.65. The fourth-order valence-corrected chi connectivity index (χ4v) is 2.71. The predicted molar refractivity (Wildman–Crippen MR) is 93.5 cm³/mol. The average molecular weight is 432 g/mol. The number of hydrogen-bond acceptors (Lipinski definition) is 8. The average Bonchev–Trinajstić information content (AvgIpc) is 3.48. The highest BCUT2D eigenvalue weighted by molar-refractivity contribution is 5.90. The van der Waals surface area contributed by atoms with E-state index in [0.29, 0.717) is 0 Å². The molecule has 1 amide bonds. The van der Waals surface area contributed by atoms with Crippen molar-refractivity contribution in [3.8, 4) is 5.75 Å². The van der Waals surface area contributed by atoms with Gasteiger partial charge in [0.2, 0.25) is 5.91 Å². The zero-order chi connectivity index (χ0) is 22.7. The van der Waals surface area contributed by atoms with Crippen molar-refractivity contribution in [1.29, 1.82) is 0 Å². The molecule has 0 saturated heterocycles. The monoisotopic (exact) mass is 432 g/mol. The van der Waals surface area contributed by atoms with E-state index in [1.54, 1.807) is 0 Å². The summed E-state index contributed by atoms with van der Waals surface area (Å²) in [6.07, 6.45) is -5.75. The van der Waals surface area contributed by atoms with Crippen molar-refractivity contribution < 1.29 is 42.1 Å². The zero-order valence-electron chi connectivity index (χ0n) is 15.9. The first-order valence-electron chi connectivity index (χ1n) is 8.49. The smallest absolute Gasteiger partial charge is 0.442 e. The summed E-state index contributed by atoms with van der Waals surface area (Å²) in [6, 6.07) is 0.714. The van der Waals surface area contributed by atoms with Crippen LogP contribution >= 0.6 is 0 Å². The molecule has 4 N–H and O–H groups in total. The molecule has 2 atom stereocenters. The third kappa shape index (κ3) is 4.84. The number of carbonyl (C=O) groups is 3. The summed E-state index contributed by atoms with van der Waals surface area (Å²) in [7, 11) is 2.32. The highest BCUT2D eigenvalue weighted by Crippen LogP contribution is 2.52. The van der Waals surface area contributed by atoms with E-state index in [0.717, 1.165) is 19.2 Å². The number of halogens is 3. The number of benzene rings is 1.